The minimum absolute atomic E-state index is 0.251. The van der Waals surface area contributed by atoms with Gasteiger partial charge >= 0.3 is 6.09 Å². The molecule has 1 unspecified atom stereocenters. The Hall–Kier alpha value is -6.18. The first-order valence-electron chi connectivity index (χ1n) is 18.0. The summed E-state index contributed by atoms with van der Waals surface area (Å²) in [5, 5.41) is 7.63. The molecule has 3 aromatic carbocycles. The Balaban J connectivity index is 1.01. The van der Waals surface area contributed by atoms with Crippen molar-refractivity contribution in [2.45, 2.75) is 32.4 Å². The molecule has 0 bridgehead atoms. The molecule has 0 spiro atoms. The topological polar surface area (TPSA) is 137 Å². The van der Waals surface area contributed by atoms with Crippen LogP contribution >= 0.6 is 11.3 Å². The van der Waals surface area contributed by atoms with Gasteiger partial charge in [-0.25, -0.2) is 14.8 Å². The van der Waals surface area contributed by atoms with Crippen molar-refractivity contribution in [1.82, 2.24) is 19.8 Å². The zero-order chi connectivity index (χ0) is 38.5. The molecule has 1 atom stereocenters. The minimum atomic E-state index is -0.694. The maximum absolute atomic E-state index is 13.5. The first-order chi connectivity index (χ1) is 26.5. The summed E-state index contributed by atoms with van der Waals surface area (Å²) in [5.41, 5.74) is 3.06. The van der Waals surface area contributed by atoms with Gasteiger partial charge in [0.25, 0.3) is 17.7 Å². The number of hydrogen-bond acceptors (Lipinski definition) is 10. The molecule has 4 heterocycles. The van der Waals surface area contributed by atoms with Crippen molar-refractivity contribution in [3.05, 3.63) is 131 Å². The van der Waals surface area contributed by atoms with Crippen LogP contribution in [0.4, 0.5) is 22.1 Å². The standard InChI is InChI=1S/C42H41N7O5S/c1-42(2,3)54-41(53)46-34-18-16-29(36-14-9-23-55-36)24-35(34)45-37(50)30-25-43-40(44-26-30)48-21-19-47(20-22-48)27-31(17-15-28-10-5-4-6-11-28)49-38(51)32-12-7-8-13-33(32)39(49)52/h4-18,23-26,31H,19-22,27H2,1-3H3,(H,45,50)(H,46,53). The van der Waals surface area contributed by atoms with E-state index in [0.29, 0.717) is 61.2 Å². The normalized spacial score (nSPS) is 15.3. The summed E-state index contributed by atoms with van der Waals surface area (Å²) in [5.74, 6) is -0.519. The number of imide groups is 1. The number of fused-ring (bicyclic) bond motifs is 1. The van der Waals surface area contributed by atoms with E-state index in [1.54, 1.807) is 62.4 Å². The Labute approximate surface area is 323 Å². The molecule has 2 aromatic heterocycles. The molecule has 13 heteroatoms. The lowest BCUT2D eigenvalue weighted by Crippen LogP contribution is -2.52. The summed E-state index contributed by atoms with van der Waals surface area (Å²) in [4.78, 5) is 68.7. The fourth-order valence-corrected chi connectivity index (χ4v) is 7.21. The predicted octanol–water partition coefficient (Wildman–Crippen LogP) is 7.30. The van der Waals surface area contributed by atoms with Crippen LogP contribution in [0.5, 0.6) is 0 Å². The van der Waals surface area contributed by atoms with Gasteiger partial charge in [-0.15, -0.1) is 11.3 Å². The quantitative estimate of drug-likeness (QED) is 0.141. The average molecular weight is 756 g/mol. The number of nitrogens with one attached hydrogen (secondary N) is 2. The molecule has 2 aliphatic rings. The van der Waals surface area contributed by atoms with Crippen LogP contribution < -0.4 is 15.5 Å². The van der Waals surface area contributed by atoms with E-state index in [1.807, 2.05) is 77.0 Å². The SMILES string of the molecule is CC(C)(C)OC(=O)Nc1ccc(-c2cccs2)cc1NC(=O)c1cnc(N2CCN(CC(C=Cc3ccccc3)N3C(=O)c4ccccc4C3=O)CC2)nc1. The van der Waals surface area contributed by atoms with Crippen molar-refractivity contribution in [2.75, 3.05) is 48.3 Å². The van der Waals surface area contributed by atoms with Crippen LogP contribution in [0.3, 0.4) is 0 Å². The fourth-order valence-electron chi connectivity index (χ4n) is 6.48. The second-order valence-corrected chi connectivity index (χ2v) is 15.2. The van der Waals surface area contributed by atoms with Crippen molar-refractivity contribution in [3.8, 4) is 10.4 Å². The second kappa shape index (κ2) is 16.0. The van der Waals surface area contributed by atoms with E-state index < -0.39 is 23.6 Å². The number of carbonyl (C=O) groups excluding carboxylic acids is 4. The van der Waals surface area contributed by atoms with Gasteiger partial charge in [0.15, 0.2) is 0 Å². The largest absolute Gasteiger partial charge is 0.444 e. The van der Waals surface area contributed by atoms with E-state index in [4.69, 9.17) is 4.74 Å². The lowest BCUT2D eigenvalue weighted by molar-refractivity contribution is 0.0579. The van der Waals surface area contributed by atoms with Crippen LogP contribution in [-0.2, 0) is 4.74 Å². The average Bonchev–Trinajstić information content (AvgIpc) is 3.81. The Bertz CT molecular complexity index is 2180. The second-order valence-electron chi connectivity index (χ2n) is 14.2. The molecule has 4 amide bonds. The van der Waals surface area contributed by atoms with Gasteiger partial charge in [-0.05, 0) is 67.6 Å². The Morgan fingerprint density at radius 1 is 0.836 bits per heavy atom. The fraction of sp³-hybridized carbons (Fsp3) is 0.238. The van der Waals surface area contributed by atoms with Crippen molar-refractivity contribution in [3.63, 3.8) is 0 Å². The van der Waals surface area contributed by atoms with E-state index in [2.05, 4.69) is 25.5 Å². The van der Waals surface area contributed by atoms with E-state index in [0.717, 1.165) is 16.0 Å². The summed E-state index contributed by atoms with van der Waals surface area (Å²) >= 11 is 1.57. The van der Waals surface area contributed by atoms with Gasteiger partial charge in [0.05, 0.1) is 34.1 Å². The van der Waals surface area contributed by atoms with Gasteiger partial charge < -0.3 is 15.0 Å². The summed E-state index contributed by atoms with van der Waals surface area (Å²) in [7, 11) is 0. The zero-order valence-corrected chi connectivity index (χ0v) is 31.6. The highest BCUT2D eigenvalue weighted by Crippen LogP contribution is 2.32. The highest BCUT2D eigenvalue weighted by atomic mass is 32.1. The van der Waals surface area contributed by atoms with Gasteiger partial charge in [-0.2, -0.15) is 0 Å². The van der Waals surface area contributed by atoms with Gasteiger partial charge in [0.2, 0.25) is 5.95 Å². The molecule has 12 nitrogen and oxygen atoms in total. The van der Waals surface area contributed by atoms with Crippen LogP contribution in [0.2, 0.25) is 0 Å². The van der Waals surface area contributed by atoms with E-state index in [9.17, 15) is 19.2 Å². The van der Waals surface area contributed by atoms with Crippen molar-refractivity contribution >= 4 is 58.6 Å². The molecular weight excluding hydrogens is 715 g/mol. The van der Waals surface area contributed by atoms with Crippen LogP contribution in [0.25, 0.3) is 16.5 Å². The molecule has 55 heavy (non-hydrogen) atoms. The third-order valence-corrected chi connectivity index (χ3v) is 10.1. The van der Waals surface area contributed by atoms with Gasteiger partial charge in [0, 0.05) is 50.0 Å². The van der Waals surface area contributed by atoms with Crippen molar-refractivity contribution in [1.29, 1.82) is 0 Å². The lowest BCUT2D eigenvalue weighted by Gasteiger charge is -2.37. The molecule has 5 aromatic rings. The maximum atomic E-state index is 13.5. The first-order valence-corrected chi connectivity index (χ1v) is 18.9. The highest BCUT2D eigenvalue weighted by Gasteiger charge is 2.39. The monoisotopic (exact) mass is 755 g/mol. The number of aromatic nitrogens is 2. The van der Waals surface area contributed by atoms with Crippen LogP contribution in [0, 0.1) is 0 Å². The number of nitrogens with zero attached hydrogens (tertiary/aromatic N) is 5. The van der Waals surface area contributed by atoms with Gasteiger partial charge in [-0.1, -0.05) is 66.7 Å². The van der Waals surface area contributed by atoms with Crippen molar-refractivity contribution in [2.24, 2.45) is 0 Å². The first kappa shape index (κ1) is 37.1. The maximum Gasteiger partial charge on any atom is 0.412 e. The third kappa shape index (κ3) is 8.80. The zero-order valence-electron chi connectivity index (χ0n) is 30.8. The molecule has 0 aliphatic carbocycles. The van der Waals surface area contributed by atoms with E-state index in [-0.39, 0.29) is 17.4 Å². The minimum Gasteiger partial charge on any atom is -0.444 e. The molecule has 0 radical (unpaired) electrons. The number of ether oxygens (including phenoxy) is 1. The van der Waals surface area contributed by atoms with Crippen LogP contribution in [0.15, 0.2) is 109 Å². The number of amides is 4. The molecule has 1 saturated heterocycles. The van der Waals surface area contributed by atoms with Crippen LogP contribution in [-0.4, -0.2) is 87.9 Å². The summed E-state index contributed by atoms with van der Waals surface area (Å²) in [6, 6.07) is 25.6. The number of hydrogen-bond donors (Lipinski definition) is 2. The molecule has 0 saturated carbocycles. The smallest absolute Gasteiger partial charge is 0.412 e. The number of anilines is 3. The summed E-state index contributed by atoms with van der Waals surface area (Å²) in [6.45, 7) is 8.33. The predicted molar refractivity (Wildman–Crippen MR) is 214 cm³/mol. The molecule has 2 N–H and O–H groups in total. The number of carbonyl (C=O) groups is 4. The molecule has 280 valence electrons. The van der Waals surface area contributed by atoms with E-state index in [1.165, 1.54) is 17.3 Å². The number of benzene rings is 3. The highest BCUT2D eigenvalue weighted by molar-refractivity contribution is 7.13. The van der Waals surface area contributed by atoms with E-state index >= 15 is 0 Å². The van der Waals surface area contributed by atoms with Gasteiger partial charge in [0.1, 0.15) is 5.60 Å². The Morgan fingerprint density at radius 2 is 1.51 bits per heavy atom. The molecular formula is C42H41N7O5S. The Kier molecular flexibility index (Phi) is 10.8. The van der Waals surface area contributed by atoms with Crippen molar-refractivity contribution < 1.29 is 23.9 Å². The number of rotatable bonds is 10. The van der Waals surface area contributed by atoms with Gasteiger partial charge in [-0.3, -0.25) is 29.5 Å². The number of piperazine rings is 1. The third-order valence-electron chi connectivity index (χ3n) is 9.18. The molecule has 2 aliphatic heterocycles. The summed E-state index contributed by atoms with van der Waals surface area (Å²) in [6.07, 6.45) is 6.23. The van der Waals surface area contributed by atoms with Crippen LogP contribution in [0.1, 0.15) is 57.4 Å². The number of thiophene rings is 1. The lowest BCUT2D eigenvalue weighted by atomic mass is 10.1. The Morgan fingerprint density at radius 3 is 2.15 bits per heavy atom. The summed E-state index contributed by atoms with van der Waals surface area (Å²) < 4.78 is 5.44. The molecule has 7 rings (SSSR count). The molecule has 1 fully saturated rings.